The van der Waals surface area contributed by atoms with Crippen LogP contribution in [0.15, 0.2) is 11.4 Å². The van der Waals surface area contributed by atoms with Crippen molar-refractivity contribution < 1.29 is 14.3 Å². The molecule has 2 rings (SSSR count). The molecule has 0 bridgehead atoms. The molecule has 1 atom stereocenters. The molecule has 0 spiro atoms. The number of amides is 1. The predicted octanol–water partition coefficient (Wildman–Crippen LogP) is 0.978. The van der Waals surface area contributed by atoms with E-state index in [9.17, 15) is 4.79 Å². The molecule has 1 aromatic heterocycles. The first-order valence-electron chi connectivity index (χ1n) is 5.48. The van der Waals surface area contributed by atoms with Gasteiger partial charge in [-0.3, -0.25) is 4.79 Å². The van der Waals surface area contributed by atoms with Crippen molar-refractivity contribution in [3.63, 3.8) is 0 Å². The second kappa shape index (κ2) is 6.94. The van der Waals surface area contributed by atoms with Gasteiger partial charge in [-0.25, -0.2) is 0 Å². The van der Waals surface area contributed by atoms with E-state index >= 15 is 0 Å². The normalized spacial score (nSPS) is 19.2. The van der Waals surface area contributed by atoms with Crippen LogP contribution in [0.2, 0.25) is 0 Å². The maximum Gasteiger partial charge on any atom is 0.264 e. The van der Waals surface area contributed by atoms with E-state index in [1.165, 1.54) is 11.3 Å². The number of morpholine rings is 1. The van der Waals surface area contributed by atoms with Gasteiger partial charge in [0.05, 0.1) is 24.7 Å². The predicted molar refractivity (Wildman–Crippen MR) is 72.8 cm³/mol. The lowest BCUT2D eigenvalue weighted by Crippen LogP contribution is -2.47. The van der Waals surface area contributed by atoms with Gasteiger partial charge in [-0.1, -0.05) is 0 Å². The first-order chi connectivity index (χ1) is 8.24. The third-order valence-corrected chi connectivity index (χ3v) is 3.61. The van der Waals surface area contributed by atoms with E-state index < -0.39 is 0 Å². The van der Waals surface area contributed by atoms with Gasteiger partial charge in [0.25, 0.3) is 5.91 Å². The summed E-state index contributed by atoms with van der Waals surface area (Å²) in [5.74, 6) is 0.752. The quantitative estimate of drug-likeness (QED) is 0.902. The summed E-state index contributed by atoms with van der Waals surface area (Å²) in [6.07, 6.45) is -0.0467. The molecule has 5 nitrogen and oxygen atoms in total. The molecule has 0 aliphatic carbocycles. The number of ether oxygens (including phenoxy) is 2. The van der Waals surface area contributed by atoms with Crippen LogP contribution in [0.1, 0.15) is 9.67 Å². The third-order valence-electron chi connectivity index (χ3n) is 2.71. The highest BCUT2D eigenvalue weighted by molar-refractivity contribution is 7.12. The molecule has 1 saturated heterocycles. The van der Waals surface area contributed by atoms with Crippen LogP contribution in [0.5, 0.6) is 5.75 Å². The van der Waals surface area contributed by atoms with Crippen molar-refractivity contribution in [2.75, 3.05) is 33.4 Å². The van der Waals surface area contributed by atoms with Gasteiger partial charge in [0, 0.05) is 31.1 Å². The number of nitrogens with zero attached hydrogens (tertiary/aromatic N) is 1. The molecule has 7 heteroatoms. The molecule has 0 saturated carbocycles. The maximum absolute atomic E-state index is 12.2. The van der Waals surface area contributed by atoms with Crippen LogP contribution in [-0.2, 0) is 4.74 Å². The van der Waals surface area contributed by atoms with Crippen LogP contribution in [0, 0.1) is 0 Å². The monoisotopic (exact) mass is 292 g/mol. The molecule has 1 unspecified atom stereocenters. The lowest BCUT2D eigenvalue weighted by molar-refractivity contribution is -0.0165. The smallest absolute Gasteiger partial charge is 0.264 e. The fraction of sp³-hybridized carbons (Fsp3) is 0.545. The molecule has 2 heterocycles. The summed E-state index contributed by atoms with van der Waals surface area (Å²) >= 11 is 1.40. The Balaban J connectivity index is 0.00000162. The Hall–Kier alpha value is -0.820. The van der Waals surface area contributed by atoms with Crippen LogP contribution in [0.4, 0.5) is 0 Å². The van der Waals surface area contributed by atoms with Crippen LogP contribution in [0.3, 0.4) is 0 Å². The third kappa shape index (κ3) is 3.35. The summed E-state index contributed by atoms with van der Waals surface area (Å²) in [6, 6.07) is 1.76. The topological polar surface area (TPSA) is 64.8 Å². The highest BCUT2D eigenvalue weighted by Crippen LogP contribution is 2.23. The van der Waals surface area contributed by atoms with Crippen LogP contribution in [0.25, 0.3) is 0 Å². The molecule has 1 aliphatic heterocycles. The Kier molecular flexibility index (Phi) is 5.87. The average Bonchev–Trinajstić information content (AvgIpc) is 2.86. The molecule has 1 amide bonds. The minimum absolute atomic E-state index is 0. The Morgan fingerprint density at radius 2 is 2.50 bits per heavy atom. The Morgan fingerprint density at radius 3 is 3.11 bits per heavy atom. The number of halogens is 1. The fourth-order valence-corrected chi connectivity index (χ4v) is 2.56. The molecular weight excluding hydrogens is 276 g/mol. The van der Waals surface area contributed by atoms with Crippen molar-refractivity contribution >= 4 is 29.7 Å². The molecule has 0 aromatic carbocycles. The lowest BCUT2D eigenvalue weighted by atomic mass is 10.2. The van der Waals surface area contributed by atoms with Crippen LogP contribution >= 0.6 is 23.7 Å². The number of hydrogen-bond acceptors (Lipinski definition) is 5. The zero-order valence-corrected chi connectivity index (χ0v) is 11.8. The first kappa shape index (κ1) is 15.2. The van der Waals surface area contributed by atoms with Crippen molar-refractivity contribution in [1.82, 2.24) is 4.90 Å². The first-order valence-corrected chi connectivity index (χ1v) is 6.36. The minimum atomic E-state index is -0.0467. The largest absolute Gasteiger partial charge is 0.496 e. The molecule has 0 radical (unpaired) electrons. The summed E-state index contributed by atoms with van der Waals surface area (Å²) < 4.78 is 10.5. The van der Waals surface area contributed by atoms with E-state index in [4.69, 9.17) is 15.2 Å². The van der Waals surface area contributed by atoms with E-state index in [1.807, 2.05) is 5.38 Å². The molecule has 1 aromatic rings. The van der Waals surface area contributed by atoms with Gasteiger partial charge in [-0.15, -0.1) is 23.7 Å². The number of nitrogens with two attached hydrogens (primary N) is 1. The van der Waals surface area contributed by atoms with E-state index in [2.05, 4.69) is 0 Å². The molecular formula is C11H17ClN2O3S. The van der Waals surface area contributed by atoms with Gasteiger partial charge in [0.15, 0.2) is 0 Å². The fourth-order valence-electron chi connectivity index (χ4n) is 1.74. The number of methoxy groups -OCH3 is 1. The second-order valence-electron chi connectivity index (χ2n) is 3.83. The van der Waals surface area contributed by atoms with Gasteiger partial charge in [-0.2, -0.15) is 0 Å². The van der Waals surface area contributed by atoms with Crippen LogP contribution < -0.4 is 10.5 Å². The zero-order chi connectivity index (χ0) is 12.3. The summed E-state index contributed by atoms with van der Waals surface area (Å²) in [5, 5.41) is 1.83. The van der Waals surface area contributed by atoms with Crippen molar-refractivity contribution in [3.05, 3.63) is 16.3 Å². The zero-order valence-electron chi connectivity index (χ0n) is 10.1. The summed E-state index contributed by atoms with van der Waals surface area (Å²) in [5.41, 5.74) is 5.55. The van der Waals surface area contributed by atoms with Gasteiger partial charge >= 0.3 is 0 Å². The SMILES string of the molecule is COc1csc(C(=O)N2CCOC(CN)C2)c1.Cl. The Morgan fingerprint density at radius 1 is 1.72 bits per heavy atom. The van der Waals surface area contributed by atoms with Gasteiger partial charge in [0.1, 0.15) is 5.75 Å². The van der Waals surface area contributed by atoms with Crippen molar-refractivity contribution in [1.29, 1.82) is 0 Å². The van der Waals surface area contributed by atoms with E-state index in [-0.39, 0.29) is 24.4 Å². The summed E-state index contributed by atoms with van der Waals surface area (Å²) in [4.78, 5) is 14.7. The second-order valence-corrected chi connectivity index (χ2v) is 4.74. The van der Waals surface area contributed by atoms with Crippen molar-refractivity contribution in [3.8, 4) is 5.75 Å². The highest BCUT2D eigenvalue weighted by atomic mass is 35.5. The lowest BCUT2D eigenvalue weighted by Gasteiger charge is -2.32. The molecule has 2 N–H and O–H groups in total. The number of hydrogen-bond donors (Lipinski definition) is 1. The minimum Gasteiger partial charge on any atom is -0.496 e. The number of carbonyl (C=O) groups excluding carboxylic acids is 1. The summed E-state index contributed by atoms with van der Waals surface area (Å²) in [7, 11) is 1.59. The summed E-state index contributed by atoms with van der Waals surface area (Å²) in [6.45, 7) is 2.18. The maximum atomic E-state index is 12.2. The molecule has 1 aliphatic rings. The standard InChI is InChI=1S/C11H16N2O3S.ClH/c1-15-8-4-10(17-7-8)11(14)13-2-3-16-9(5-12)6-13;/h4,7,9H,2-3,5-6,12H2,1H3;1H. The molecule has 102 valence electrons. The van der Waals surface area contributed by atoms with E-state index in [0.717, 1.165) is 5.75 Å². The Labute approximate surface area is 116 Å². The van der Waals surface area contributed by atoms with Crippen molar-refractivity contribution in [2.45, 2.75) is 6.10 Å². The molecule has 18 heavy (non-hydrogen) atoms. The highest BCUT2D eigenvalue weighted by Gasteiger charge is 2.25. The van der Waals surface area contributed by atoms with Crippen LogP contribution in [-0.4, -0.2) is 50.3 Å². The van der Waals surface area contributed by atoms with E-state index in [1.54, 1.807) is 18.1 Å². The Bertz CT molecular complexity index is 399. The van der Waals surface area contributed by atoms with Gasteiger partial charge in [0.2, 0.25) is 0 Å². The van der Waals surface area contributed by atoms with E-state index in [0.29, 0.717) is 31.1 Å². The molecule has 1 fully saturated rings. The van der Waals surface area contributed by atoms with Gasteiger partial charge in [-0.05, 0) is 0 Å². The average molecular weight is 293 g/mol. The van der Waals surface area contributed by atoms with Crippen molar-refractivity contribution in [2.24, 2.45) is 5.73 Å². The van der Waals surface area contributed by atoms with Gasteiger partial charge < -0.3 is 20.1 Å². The number of thiophene rings is 1. The number of rotatable bonds is 3. The number of carbonyl (C=O) groups is 1.